The van der Waals surface area contributed by atoms with Crippen molar-refractivity contribution in [1.29, 1.82) is 0 Å². The first kappa shape index (κ1) is 14.4. The van der Waals surface area contributed by atoms with Gasteiger partial charge in [-0.2, -0.15) is 0 Å². The molecule has 2 aromatic carbocycles. The third-order valence-corrected chi connectivity index (χ3v) is 4.21. The quantitative estimate of drug-likeness (QED) is 0.604. The summed E-state index contributed by atoms with van der Waals surface area (Å²) >= 11 is 9.94. The first-order valence-electron chi connectivity index (χ1n) is 6.57. The van der Waals surface area contributed by atoms with Gasteiger partial charge in [-0.3, -0.25) is 4.57 Å². The number of ether oxygens (including phenoxy) is 1. The van der Waals surface area contributed by atoms with Gasteiger partial charge in [-0.1, -0.05) is 18.2 Å². The molecular weight excluding hydrogens is 352 g/mol. The Morgan fingerprint density at radius 3 is 2.62 bits per heavy atom. The molecule has 21 heavy (non-hydrogen) atoms. The number of halogens is 2. The number of para-hydroxylation sites is 2. The highest BCUT2D eigenvalue weighted by Gasteiger charge is 2.19. The van der Waals surface area contributed by atoms with Gasteiger partial charge in [0.25, 0.3) is 0 Å². The van der Waals surface area contributed by atoms with Gasteiger partial charge >= 0.3 is 0 Å². The number of methoxy groups -OCH3 is 1. The van der Waals surface area contributed by atoms with Gasteiger partial charge in [0.1, 0.15) is 17.1 Å². The Morgan fingerprint density at radius 1 is 1.19 bits per heavy atom. The van der Waals surface area contributed by atoms with E-state index in [1.807, 2.05) is 49.4 Å². The minimum atomic E-state index is -0.214. The predicted molar refractivity (Wildman–Crippen MR) is 89.6 cm³/mol. The molecule has 0 amide bonds. The van der Waals surface area contributed by atoms with Gasteiger partial charge in [0.05, 0.1) is 23.7 Å². The van der Waals surface area contributed by atoms with Crippen molar-refractivity contribution in [3.63, 3.8) is 0 Å². The van der Waals surface area contributed by atoms with Crippen LogP contribution in [0.1, 0.15) is 18.1 Å². The second kappa shape index (κ2) is 5.70. The van der Waals surface area contributed by atoms with Crippen molar-refractivity contribution in [2.45, 2.75) is 12.3 Å². The highest BCUT2D eigenvalue weighted by molar-refractivity contribution is 9.10. The SMILES string of the molecule is COc1cccc2c1nc(C(C)Cl)n2-c1ccccc1Br. The summed E-state index contributed by atoms with van der Waals surface area (Å²) in [5.41, 5.74) is 2.80. The zero-order valence-electron chi connectivity index (χ0n) is 11.7. The van der Waals surface area contributed by atoms with E-state index in [1.165, 1.54) is 0 Å². The van der Waals surface area contributed by atoms with Crippen molar-refractivity contribution in [2.75, 3.05) is 7.11 Å². The Hall–Kier alpha value is -1.52. The van der Waals surface area contributed by atoms with E-state index in [0.717, 1.165) is 32.8 Å². The number of hydrogen-bond donors (Lipinski definition) is 0. The van der Waals surface area contributed by atoms with Crippen molar-refractivity contribution in [1.82, 2.24) is 9.55 Å². The Kier molecular flexibility index (Phi) is 3.91. The molecular formula is C16H14BrClN2O. The third kappa shape index (κ3) is 2.43. The molecule has 5 heteroatoms. The van der Waals surface area contributed by atoms with Crippen molar-refractivity contribution in [3.8, 4) is 11.4 Å². The van der Waals surface area contributed by atoms with E-state index in [1.54, 1.807) is 7.11 Å². The van der Waals surface area contributed by atoms with Crippen LogP contribution in [0.4, 0.5) is 0 Å². The highest BCUT2D eigenvalue weighted by atomic mass is 79.9. The second-order valence-corrected chi connectivity index (χ2v) is 6.21. The topological polar surface area (TPSA) is 27.1 Å². The molecule has 3 rings (SSSR count). The molecule has 0 spiro atoms. The molecule has 0 aliphatic heterocycles. The van der Waals surface area contributed by atoms with Crippen LogP contribution in [0.2, 0.25) is 0 Å². The maximum atomic E-state index is 6.34. The van der Waals surface area contributed by atoms with Crippen LogP contribution in [0.15, 0.2) is 46.9 Å². The van der Waals surface area contributed by atoms with E-state index in [4.69, 9.17) is 16.3 Å². The number of fused-ring (bicyclic) bond motifs is 1. The van der Waals surface area contributed by atoms with Crippen LogP contribution in [0, 0.1) is 0 Å². The van der Waals surface area contributed by atoms with Gasteiger partial charge in [0.2, 0.25) is 0 Å². The standard InChI is InChI=1S/C16H14BrClN2O/c1-10(18)16-19-15-13(8-5-9-14(15)21-2)20(16)12-7-4-3-6-11(12)17/h3-10H,1-2H3. The van der Waals surface area contributed by atoms with Crippen LogP contribution >= 0.6 is 27.5 Å². The maximum absolute atomic E-state index is 6.34. The first-order valence-corrected chi connectivity index (χ1v) is 7.80. The smallest absolute Gasteiger partial charge is 0.146 e. The summed E-state index contributed by atoms with van der Waals surface area (Å²) < 4.78 is 8.47. The molecule has 0 aliphatic rings. The Morgan fingerprint density at radius 2 is 1.95 bits per heavy atom. The molecule has 0 radical (unpaired) electrons. The van der Waals surface area contributed by atoms with Crippen LogP contribution < -0.4 is 4.74 Å². The molecule has 0 N–H and O–H groups in total. The number of benzene rings is 2. The van der Waals surface area contributed by atoms with Crippen molar-refractivity contribution in [2.24, 2.45) is 0 Å². The number of hydrogen-bond acceptors (Lipinski definition) is 2. The monoisotopic (exact) mass is 364 g/mol. The van der Waals surface area contributed by atoms with E-state index < -0.39 is 0 Å². The molecule has 0 saturated carbocycles. The third-order valence-electron chi connectivity index (χ3n) is 3.34. The molecule has 3 nitrogen and oxygen atoms in total. The van der Waals surface area contributed by atoms with Gasteiger partial charge < -0.3 is 4.74 Å². The number of aromatic nitrogens is 2. The molecule has 0 bridgehead atoms. The number of imidazole rings is 1. The highest BCUT2D eigenvalue weighted by Crippen LogP contribution is 2.34. The molecule has 3 aromatic rings. The molecule has 108 valence electrons. The molecule has 1 heterocycles. The van der Waals surface area contributed by atoms with Gasteiger partial charge in [0, 0.05) is 4.47 Å². The summed E-state index contributed by atoms with van der Waals surface area (Å²) in [7, 11) is 1.65. The summed E-state index contributed by atoms with van der Waals surface area (Å²) in [6.45, 7) is 1.92. The molecule has 1 unspecified atom stereocenters. The van der Waals surface area contributed by atoms with E-state index in [2.05, 4.69) is 25.5 Å². The molecule has 1 aromatic heterocycles. The lowest BCUT2D eigenvalue weighted by atomic mass is 10.2. The Balaban J connectivity index is 2.40. The van der Waals surface area contributed by atoms with E-state index >= 15 is 0 Å². The van der Waals surface area contributed by atoms with Crippen LogP contribution in [0.5, 0.6) is 5.75 Å². The summed E-state index contributed by atoms with van der Waals surface area (Å²) in [4.78, 5) is 4.69. The first-order chi connectivity index (χ1) is 10.1. The van der Waals surface area contributed by atoms with E-state index in [9.17, 15) is 0 Å². The lowest BCUT2D eigenvalue weighted by Crippen LogP contribution is -2.02. The maximum Gasteiger partial charge on any atom is 0.146 e. The normalized spacial score (nSPS) is 12.6. The molecule has 0 aliphatic carbocycles. The Bertz CT molecular complexity index is 798. The van der Waals surface area contributed by atoms with Crippen LogP contribution in [-0.2, 0) is 0 Å². The summed E-state index contributed by atoms with van der Waals surface area (Å²) in [5, 5.41) is -0.214. The zero-order chi connectivity index (χ0) is 15.0. The predicted octanol–water partition coefficient (Wildman–Crippen LogP) is 5.10. The van der Waals surface area contributed by atoms with E-state index in [0.29, 0.717) is 0 Å². The molecule has 1 atom stereocenters. The second-order valence-electron chi connectivity index (χ2n) is 4.70. The largest absolute Gasteiger partial charge is 0.494 e. The summed E-state index contributed by atoms with van der Waals surface area (Å²) in [6, 6.07) is 13.9. The minimum Gasteiger partial charge on any atom is -0.494 e. The number of rotatable bonds is 3. The van der Waals surface area contributed by atoms with E-state index in [-0.39, 0.29) is 5.38 Å². The van der Waals surface area contributed by atoms with Crippen LogP contribution in [-0.4, -0.2) is 16.7 Å². The van der Waals surface area contributed by atoms with Gasteiger partial charge in [-0.05, 0) is 47.1 Å². The fourth-order valence-corrected chi connectivity index (χ4v) is 3.02. The van der Waals surface area contributed by atoms with Crippen molar-refractivity contribution < 1.29 is 4.74 Å². The minimum absolute atomic E-state index is 0.214. The van der Waals surface area contributed by atoms with Gasteiger partial charge in [0.15, 0.2) is 0 Å². The lowest BCUT2D eigenvalue weighted by molar-refractivity contribution is 0.419. The van der Waals surface area contributed by atoms with Gasteiger partial charge in [-0.25, -0.2) is 4.98 Å². The molecule has 0 fully saturated rings. The van der Waals surface area contributed by atoms with Crippen molar-refractivity contribution >= 4 is 38.6 Å². The van der Waals surface area contributed by atoms with Gasteiger partial charge in [-0.15, -0.1) is 11.6 Å². The average Bonchev–Trinajstić information content (AvgIpc) is 2.87. The molecule has 0 saturated heterocycles. The Labute approximate surface area is 136 Å². The number of nitrogens with zero attached hydrogens (tertiary/aromatic N) is 2. The summed E-state index contributed by atoms with van der Waals surface area (Å²) in [5.74, 6) is 1.54. The average molecular weight is 366 g/mol. The van der Waals surface area contributed by atoms with Crippen LogP contribution in [0.3, 0.4) is 0 Å². The lowest BCUT2D eigenvalue weighted by Gasteiger charge is -2.12. The zero-order valence-corrected chi connectivity index (χ0v) is 14.0. The fourth-order valence-electron chi connectivity index (χ4n) is 2.41. The van der Waals surface area contributed by atoms with Crippen molar-refractivity contribution in [3.05, 3.63) is 52.8 Å². The fraction of sp³-hybridized carbons (Fsp3) is 0.188. The number of alkyl halides is 1. The van der Waals surface area contributed by atoms with Crippen LogP contribution in [0.25, 0.3) is 16.7 Å². The summed E-state index contributed by atoms with van der Waals surface area (Å²) in [6.07, 6.45) is 0.